The van der Waals surface area contributed by atoms with Gasteiger partial charge in [-0.1, -0.05) is 36.4 Å². The van der Waals surface area contributed by atoms with E-state index < -0.39 is 17.8 Å². The Morgan fingerprint density at radius 3 is 2.39 bits per heavy atom. The van der Waals surface area contributed by atoms with E-state index in [0.717, 1.165) is 15.4 Å². The lowest BCUT2D eigenvalue weighted by Gasteiger charge is -2.36. The minimum absolute atomic E-state index is 0.0378. The number of allylic oxidation sites excluding steroid dienone is 2. The van der Waals surface area contributed by atoms with Gasteiger partial charge in [-0.05, 0) is 50.1 Å². The van der Waals surface area contributed by atoms with E-state index in [4.69, 9.17) is 4.42 Å². The monoisotopic (exact) mass is 378 g/mol. The minimum Gasteiger partial charge on any atom is -0.465 e. The zero-order valence-corrected chi connectivity index (χ0v) is 15.9. The number of amides is 4. The number of imide groups is 2. The normalized spacial score (nSPS) is 16.8. The fourth-order valence-electron chi connectivity index (χ4n) is 2.98. The molecule has 0 saturated carbocycles. The molecule has 0 unspecified atom stereocenters. The standard InChI is InChI=1S/C22H22N2O4/c1-16(2)24-21(26)19(12-6-10-18-11-7-15-28-18)20(25)23(22(24)27)14-13-17-8-4-3-5-9-17/h3-12,15-16H,13-14H2,1-2H3. The van der Waals surface area contributed by atoms with Crippen molar-refractivity contribution in [3.63, 3.8) is 0 Å². The molecule has 0 spiro atoms. The number of nitrogens with zero attached hydrogens (tertiary/aromatic N) is 2. The van der Waals surface area contributed by atoms with Crippen molar-refractivity contribution in [1.82, 2.24) is 9.80 Å². The maximum atomic E-state index is 12.9. The van der Waals surface area contributed by atoms with Crippen LogP contribution in [0.1, 0.15) is 25.2 Å². The zero-order chi connectivity index (χ0) is 20.1. The lowest BCUT2D eigenvalue weighted by atomic mass is 10.1. The SMILES string of the molecule is CC(C)N1C(=O)C(=CC=Cc2ccco2)C(=O)N(CCc2ccccc2)C1=O. The van der Waals surface area contributed by atoms with Crippen LogP contribution in [0.4, 0.5) is 4.79 Å². The molecule has 144 valence electrons. The van der Waals surface area contributed by atoms with Crippen LogP contribution >= 0.6 is 0 Å². The number of rotatable bonds is 6. The first kappa shape index (κ1) is 19.4. The summed E-state index contributed by atoms with van der Waals surface area (Å²) in [6.07, 6.45) is 6.72. The highest BCUT2D eigenvalue weighted by Crippen LogP contribution is 2.21. The van der Waals surface area contributed by atoms with Crippen molar-refractivity contribution in [1.29, 1.82) is 0 Å². The summed E-state index contributed by atoms with van der Waals surface area (Å²) in [5, 5.41) is 0. The molecule has 0 atom stereocenters. The first-order valence-corrected chi connectivity index (χ1v) is 9.14. The summed E-state index contributed by atoms with van der Waals surface area (Å²) >= 11 is 0. The largest absolute Gasteiger partial charge is 0.465 e. The second-order valence-corrected chi connectivity index (χ2v) is 6.70. The van der Waals surface area contributed by atoms with E-state index in [1.807, 2.05) is 30.3 Å². The molecule has 0 radical (unpaired) electrons. The van der Waals surface area contributed by atoms with Crippen LogP contribution in [-0.4, -0.2) is 40.2 Å². The molecule has 4 amide bonds. The van der Waals surface area contributed by atoms with E-state index in [2.05, 4.69) is 0 Å². The van der Waals surface area contributed by atoms with Crippen LogP contribution in [-0.2, 0) is 16.0 Å². The van der Waals surface area contributed by atoms with Crippen molar-refractivity contribution >= 4 is 23.9 Å². The Labute approximate surface area is 163 Å². The van der Waals surface area contributed by atoms with Crippen LogP contribution in [0.15, 0.2) is 70.9 Å². The van der Waals surface area contributed by atoms with E-state index in [9.17, 15) is 14.4 Å². The van der Waals surface area contributed by atoms with Crippen LogP contribution < -0.4 is 0 Å². The fraction of sp³-hybridized carbons (Fsp3) is 0.227. The van der Waals surface area contributed by atoms with Crippen molar-refractivity contribution in [2.75, 3.05) is 6.54 Å². The maximum absolute atomic E-state index is 12.9. The van der Waals surface area contributed by atoms with Gasteiger partial charge < -0.3 is 4.42 Å². The molecule has 6 heteroatoms. The van der Waals surface area contributed by atoms with E-state index in [0.29, 0.717) is 12.2 Å². The molecule has 1 saturated heterocycles. The molecule has 1 aromatic carbocycles. The van der Waals surface area contributed by atoms with Crippen LogP contribution in [0.5, 0.6) is 0 Å². The molecule has 0 aliphatic carbocycles. The summed E-state index contributed by atoms with van der Waals surface area (Å²) in [6, 6.07) is 12.2. The quantitative estimate of drug-likeness (QED) is 0.568. The van der Waals surface area contributed by atoms with Gasteiger partial charge in [0.15, 0.2) is 0 Å². The summed E-state index contributed by atoms with van der Waals surface area (Å²) in [5.74, 6) is -0.553. The Hall–Kier alpha value is -3.41. The van der Waals surface area contributed by atoms with Gasteiger partial charge in [0.25, 0.3) is 11.8 Å². The lowest BCUT2D eigenvalue weighted by molar-refractivity contribution is -0.136. The van der Waals surface area contributed by atoms with Crippen molar-refractivity contribution in [2.45, 2.75) is 26.3 Å². The second kappa shape index (κ2) is 8.52. The van der Waals surface area contributed by atoms with E-state index in [1.54, 1.807) is 38.1 Å². The number of barbiturate groups is 1. The van der Waals surface area contributed by atoms with Crippen LogP contribution in [0, 0.1) is 0 Å². The minimum atomic E-state index is -0.579. The number of carbonyl (C=O) groups is 3. The average Bonchev–Trinajstić information content (AvgIpc) is 3.18. The van der Waals surface area contributed by atoms with Gasteiger partial charge in [0, 0.05) is 12.6 Å². The number of carbonyl (C=O) groups excluding carboxylic acids is 3. The van der Waals surface area contributed by atoms with Crippen molar-refractivity contribution in [3.05, 3.63) is 77.8 Å². The van der Waals surface area contributed by atoms with Gasteiger partial charge in [-0.25, -0.2) is 4.79 Å². The second-order valence-electron chi connectivity index (χ2n) is 6.70. The number of furan rings is 1. The van der Waals surface area contributed by atoms with Gasteiger partial charge in [0.1, 0.15) is 11.3 Å². The molecule has 6 nitrogen and oxygen atoms in total. The third kappa shape index (κ3) is 4.11. The van der Waals surface area contributed by atoms with Crippen molar-refractivity contribution in [2.24, 2.45) is 0 Å². The number of benzene rings is 1. The van der Waals surface area contributed by atoms with E-state index >= 15 is 0 Å². The van der Waals surface area contributed by atoms with E-state index in [-0.39, 0.29) is 18.2 Å². The first-order valence-electron chi connectivity index (χ1n) is 9.14. The molecule has 0 N–H and O–H groups in total. The summed E-state index contributed by atoms with van der Waals surface area (Å²) in [6.45, 7) is 3.70. The average molecular weight is 378 g/mol. The molecule has 2 aromatic rings. The lowest BCUT2D eigenvalue weighted by Crippen LogP contribution is -2.58. The molecule has 1 aromatic heterocycles. The molecule has 28 heavy (non-hydrogen) atoms. The molecular weight excluding hydrogens is 356 g/mol. The summed E-state index contributed by atoms with van der Waals surface area (Å²) < 4.78 is 5.20. The Bertz CT molecular complexity index is 911. The fourth-order valence-corrected chi connectivity index (χ4v) is 2.98. The number of hydrogen-bond donors (Lipinski definition) is 0. The Morgan fingerprint density at radius 1 is 1.00 bits per heavy atom. The van der Waals surface area contributed by atoms with Gasteiger partial charge in [-0.3, -0.25) is 19.4 Å². The Morgan fingerprint density at radius 2 is 1.75 bits per heavy atom. The van der Waals surface area contributed by atoms with Gasteiger partial charge in [-0.15, -0.1) is 0 Å². The Balaban J connectivity index is 1.85. The van der Waals surface area contributed by atoms with Crippen LogP contribution in [0.3, 0.4) is 0 Å². The predicted octanol–water partition coefficient (Wildman–Crippen LogP) is 3.66. The predicted molar refractivity (Wildman–Crippen MR) is 105 cm³/mol. The molecule has 2 heterocycles. The molecule has 1 aliphatic heterocycles. The smallest absolute Gasteiger partial charge is 0.334 e. The number of urea groups is 1. The summed E-state index contributed by atoms with van der Waals surface area (Å²) in [5.41, 5.74) is 0.975. The first-order chi connectivity index (χ1) is 13.5. The Kier molecular flexibility index (Phi) is 5.89. The van der Waals surface area contributed by atoms with Crippen molar-refractivity contribution in [3.8, 4) is 0 Å². The summed E-state index contributed by atoms with van der Waals surface area (Å²) in [4.78, 5) is 40.6. The summed E-state index contributed by atoms with van der Waals surface area (Å²) in [7, 11) is 0. The van der Waals surface area contributed by atoms with Gasteiger partial charge in [0.2, 0.25) is 0 Å². The van der Waals surface area contributed by atoms with Gasteiger partial charge >= 0.3 is 6.03 Å². The third-order valence-corrected chi connectivity index (χ3v) is 4.41. The van der Waals surface area contributed by atoms with Crippen molar-refractivity contribution < 1.29 is 18.8 Å². The molecular formula is C22H22N2O4. The third-order valence-electron chi connectivity index (χ3n) is 4.41. The molecule has 3 rings (SSSR count). The van der Waals surface area contributed by atoms with Crippen LogP contribution in [0.25, 0.3) is 6.08 Å². The molecule has 1 aliphatic rings. The highest BCUT2D eigenvalue weighted by atomic mass is 16.3. The van der Waals surface area contributed by atoms with Gasteiger partial charge in [0.05, 0.1) is 6.26 Å². The zero-order valence-electron chi connectivity index (χ0n) is 15.9. The highest BCUT2D eigenvalue weighted by molar-refractivity contribution is 6.29. The van der Waals surface area contributed by atoms with Crippen LogP contribution in [0.2, 0.25) is 0 Å². The van der Waals surface area contributed by atoms with E-state index in [1.165, 1.54) is 12.3 Å². The maximum Gasteiger partial charge on any atom is 0.334 e. The van der Waals surface area contributed by atoms with Gasteiger partial charge in [-0.2, -0.15) is 0 Å². The molecule has 0 bridgehead atoms. The molecule has 1 fully saturated rings. The highest BCUT2D eigenvalue weighted by Gasteiger charge is 2.42. The topological polar surface area (TPSA) is 70.8 Å². The number of hydrogen-bond acceptors (Lipinski definition) is 4.